The first kappa shape index (κ1) is 15.8. The molecule has 0 aliphatic rings. The van der Waals surface area contributed by atoms with Gasteiger partial charge in [0.25, 0.3) is 11.8 Å². The molecular weight excluding hydrogens is 330 g/mol. The van der Waals surface area contributed by atoms with Crippen LogP contribution in [0, 0.1) is 0 Å². The maximum absolute atomic E-state index is 12.0. The summed E-state index contributed by atoms with van der Waals surface area (Å²) >= 11 is 5.76. The summed E-state index contributed by atoms with van der Waals surface area (Å²) in [5, 5.41) is 4.22. The second-order valence-electron chi connectivity index (χ2n) is 4.86. The second kappa shape index (κ2) is 6.97. The Balaban J connectivity index is 1.62. The summed E-state index contributed by atoms with van der Waals surface area (Å²) < 4.78 is 5.14. The maximum atomic E-state index is 12.0. The molecule has 0 aliphatic heterocycles. The van der Waals surface area contributed by atoms with Gasteiger partial charge in [0.2, 0.25) is 0 Å². The van der Waals surface area contributed by atoms with Crippen molar-refractivity contribution in [2.45, 2.75) is 0 Å². The highest BCUT2D eigenvalue weighted by molar-refractivity contribution is 6.30. The van der Waals surface area contributed by atoms with Gasteiger partial charge in [-0.15, -0.1) is 0 Å². The van der Waals surface area contributed by atoms with Crippen molar-refractivity contribution in [1.29, 1.82) is 0 Å². The van der Waals surface area contributed by atoms with Crippen molar-refractivity contribution in [1.82, 2.24) is 16.0 Å². The van der Waals surface area contributed by atoms with Crippen LogP contribution < -0.4 is 10.9 Å². The lowest BCUT2D eigenvalue weighted by molar-refractivity contribution is 0.0841. The minimum Gasteiger partial charge on any atom is -0.355 e. The Morgan fingerprint density at radius 2 is 1.58 bits per heavy atom. The Kier molecular flexibility index (Phi) is 4.58. The van der Waals surface area contributed by atoms with Crippen molar-refractivity contribution >= 4 is 23.4 Å². The van der Waals surface area contributed by atoms with Gasteiger partial charge in [-0.3, -0.25) is 20.4 Å². The summed E-state index contributed by atoms with van der Waals surface area (Å²) in [7, 11) is 0. The normalized spacial score (nSPS) is 10.2. The molecule has 6 nitrogen and oxygen atoms in total. The van der Waals surface area contributed by atoms with Gasteiger partial charge in [0.1, 0.15) is 0 Å². The number of aromatic nitrogens is 1. The Labute approximate surface area is 142 Å². The van der Waals surface area contributed by atoms with Crippen molar-refractivity contribution in [3.05, 3.63) is 76.9 Å². The molecule has 0 saturated heterocycles. The summed E-state index contributed by atoms with van der Waals surface area (Å²) in [6, 6.07) is 17.0. The zero-order chi connectivity index (χ0) is 16.9. The van der Waals surface area contributed by atoms with E-state index in [-0.39, 0.29) is 5.69 Å². The molecule has 0 fully saturated rings. The number of rotatable bonds is 3. The number of hydrogen-bond acceptors (Lipinski definition) is 4. The third-order valence-electron chi connectivity index (χ3n) is 3.20. The quantitative estimate of drug-likeness (QED) is 0.717. The van der Waals surface area contributed by atoms with E-state index in [2.05, 4.69) is 16.0 Å². The van der Waals surface area contributed by atoms with Crippen LogP contribution in [0.25, 0.3) is 11.3 Å². The highest BCUT2D eigenvalue weighted by Crippen LogP contribution is 2.19. The van der Waals surface area contributed by atoms with E-state index in [0.717, 1.165) is 5.56 Å². The summed E-state index contributed by atoms with van der Waals surface area (Å²) in [4.78, 5) is 23.9. The van der Waals surface area contributed by atoms with Gasteiger partial charge in [-0.05, 0) is 24.3 Å². The highest BCUT2D eigenvalue weighted by atomic mass is 35.5. The molecule has 7 heteroatoms. The SMILES string of the molecule is O=C(NNC(=O)c1cc(-c2ccccc2)on1)c1ccc(Cl)cc1. The van der Waals surface area contributed by atoms with Gasteiger partial charge < -0.3 is 4.52 Å². The highest BCUT2D eigenvalue weighted by Gasteiger charge is 2.14. The molecule has 3 aromatic rings. The number of nitrogens with one attached hydrogen (secondary N) is 2. The van der Waals surface area contributed by atoms with Crippen LogP contribution in [-0.4, -0.2) is 17.0 Å². The smallest absolute Gasteiger partial charge is 0.291 e. The van der Waals surface area contributed by atoms with Gasteiger partial charge in [-0.2, -0.15) is 0 Å². The molecule has 0 saturated carbocycles. The van der Waals surface area contributed by atoms with Crippen LogP contribution in [0.1, 0.15) is 20.8 Å². The molecule has 2 amide bonds. The number of benzene rings is 2. The minimum atomic E-state index is -0.580. The molecule has 0 radical (unpaired) electrons. The van der Waals surface area contributed by atoms with E-state index in [9.17, 15) is 9.59 Å². The summed E-state index contributed by atoms with van der Waals surface area (Å²) in [6.45, 7) is 0. The van der Waals surface area contributed by atoms with Gasteiger partial charge in [-0.1, -0.05) is 47.1 Å². The zero-order valence-corrected chi connectivity index (χ0v) is 13.1. The third-order valence-corrected chi connectivity index (χ3v) is 3.45. The first-order valence-corrected chi connectivity index (χ1v) is 7.39. The molecule has 3 rings (SSSR count). The molecule has 2 N–H and O–H groups in total. The lowest BCUT2D eigenvalue weighted by Gasteiger charge is -2.05. The van der Waals surface area contributed by atoms with Crippen molar-refractivity contribution < 1.29 is 14.1 Å². The number of nitrogens with zero attached hydrogens (tertiary/aromatic N) is 1. The maximum Gasteiger partial charge on any atom is 0.291 e. The van der Waals surface area contributed by atoms with Gasteiger partial charge >= 0.3 is 0 Å². The van der Waals surface area contributed by atoms with Crippen LogP contribution in [-0.2, 0) is 0 Å². The van der Waals surface area contributed by atoms with Gasteiger partial charge in [0.15, 0.2) is 11.5 Å². The van der Waals surface area contributed by atoms with Crippen LogP contribution in [0.5, 0.6) is 0 Å². The molecule has 0 spiro atoms. The second-order valence-corrected chi connectivity index (χ2v) is 5.29. The monoisotopic (exact) mass is 341 g/mol. The van der Waals surface area contributed by atoms with E-state index in [0.29, 0.717) is 16.3 Å². The zero-order valence-electron chi connectivity index (χ0n) is 12.3. The molecule has 0 atom stereocenters. The van der Waals surface area contributed by atoms with E-state index in [1.165, 1.54) is 6.07 Å². The number of hydrazine groups is 1. The Morgan fingerprint density at radius 3 is 2.29 bits per heavy atom. The van der Waals surface area contributed by atoms with E-state index in [1.807, 2.05) is 30.3 Å². The lowest BCUT2D eigenvalue weighted by Crippen LogP contribution is -2.41. The third kappa shape index (κ3) is 3.61. The van der Waals surface area contributed by atoms with E-state index in [1.54, 1.807) is 24.3 Å². The Morgan fingerprint density at radius 1 is 0.917 bits per heavy atom. The van der Waals surface area contributed by atoms with Crippen LogP contribution in [0.15, 0.2) is 65.2 Å². The van der Waals surface area contributed by atoms with Crippen LogP contribution in [0.3, 0.4) is 0 Å². The minimum absolute atomic E-state index is 0.0604. The fraction of sp³-hybridized carbons (Fsp3) is 0. The number of halogens is 1. The first-order chi connectivity index (χ1) is 11.6. The summed E-state index contributed by atoms with van der Waals surface area (Å²) in [5.41, 5.74) is 5.81. The van der Waals surface area contributed by atoms with Crippen molar-refractivity contribution in [3.63, 3.8) is 0 Å². The molecule has 120 valence electrons. The average molecular weight is 342 g/mol. The van der Waals surface area contributed by atoms with Crippen molar-refractivity contribution in [2.75, 3.05) is 0 Å². The molecule has 1 heterocycles. The van der Waals surface area contributed by atoms with Gasteiger partial charge in [0.05, 0.1) is 0 Å². The molecule has 24 heavy (non-hydrogen) atoms. The van der Waals surface area contributed by atoms with E-state index in [4.69, 9.17) is 16.1 Å². The molecule has 2 aromatic carbocycles. The number of hydrogen-bond donors (Lipinski definition) is 2. The molecular formula is C17H12ClN3O3. The van der Waals surface area contributed by atoms with Crippen LogP contribution in [0.4, 0.5) is 0 Å². The fourth-order valence-electron chi connectivity index (χ4n) is 1.97. The van der Waals surface area contributed by atoms with Crippen molar-refractivity contribution in [3.8, 4) is 11.3 Å². The molecule has 0 aliphatic carbocycles. The van der Waals surface area contributed by atoms with Crippen LogP contribution in [0.2, 0.25) is 5.02 Å². The van der Waals surface area contributed by atoms with Crippen molar-refractivity contribution in [2.24, 2.45) is 0 Å². The summed E-state index contributed by atoms with van der Waals surface area (Å²) in [6.07, 6.45) is 0. The Hall–Kier alpha value is -3.12. The standard InChI is InChI=1S/C17H12ClN3O3/c18-13-8-6-12(7-9-13)16(22)19-20-17(23)14-10-15(24-21-14)11-4-2-1-3-5-11/h1-10H,(H,19,22)(H,20,23). The summed E-state index contributed by atoms with van der Waals surface area (Å²) in [5.74, 6) is -0.584. The largest absolute Gasteiger partial charge is 0.355 e. The fourth-order valence-corrected chi connectivity index (χ4v) is 2.10. The lowest BCUT2D eigenvalue weighted by atomic mass is 10.1. The topological polar surface area (TPSA) is 84.2 Å². The van der Waals surface area contributed by atoms with Crippen LogP contribution >= 0.6 is 11.6 Å². The van der Waals surface area contributed by atoms with Gasteiger partial charge in [0, 0.05) is 22.2 Å². The molecule has 0 bridgehead atoms. The molecule has 0 unspecified atom stereocenters. The number of carbonyl (C=O) groups is 2. The van der Waals surface area contributed by atoms with E-state index < -0.39 is 11.8 Å². The predicted molar refractivity (Wildman–Crippen MR) is 88.3 cm³/mol. The first-order valence-electron chi connectivity index (χ1n) is 7.02. The van der Waals surface area contributed by atoms with E-state index >= 15 is 0 Å². The Bertz CT molecular complexity index is 860. The molecule has 1 aromatic heterocycles. The van der Waals surface area contributed by atoms with Gasteiger partial charge in [-0.25, -0.2) is 0 Å². The predicted octanol–water partition coefficient (Wildman–Crippen LogP) is 3.07. The number of amides is 2. The number of carbonyl (C=O) groups excluding carboxylic acids is 2. The average Bonchev–Trinajstić information content (AvgIpc) is 3.11.